The van der Waals surface area contributed by atoms with Gasteiger partial charge in [-0.05, 0) is 44.1 Å². The summed E-state index contributed by atoms with van der Waals surface area (Å²) in [5.41, 5.74) is 2.45. The van der Waals surface area contributed by atoms with Crippen molar-refractivity contribution in [3.8, 4) is 11.3 Å². The number of rotatable bonds is 3. The van der Waals surface area contributed by atoms with Crippen LogP contribution < -0.4 is 0 Å². The first-order valence-corrected chi connectivity index (χ1v) is 8.32. The van der Waals surface area contributed by atoms with E-state index in [2.05, 4.69) is 4.98 Å². The molecule has 0 amide bonds. The first-order valence-electron chi connectivity index (χ1n) is 8.32. The van der Waals surface area contributed by atoms with Gasteiger partial charge in [-0.1, -0.05) is 12.1 Å². The molecular formula is C18H21FN2O2. The molecule has 0 bridgehead atoms. The molecule has 1 aromatic carbocycles. The van der Waals surface area contributed by atoms with E-state index in [-0.39, 0.29) is 23.9 Å². The number of nitrogens with zero attached hydrogens (tertiary/aromatic N) is 2. The fraction of sp³-hybridized carbons (Fsp3) is 0.500. The Labute approximate surface area is 134 Å². The minimum atomic E-state index is -0.492. The third kappa shape index (κ3) is 2.48. The lowest BCUT2D eigenvalue weighted by Crippen LogP contribution is -2.29. The summed E-state index contributed by atoms with van der Waals surface area (Å²) in [5.74, 6) is -0.0383. The normalized spacial score (nSPS) is 27.5. The molecule has 23 heavy (non-hydrogen) atoms. The highest BCUT2D eigenvalue weighted by molar-refractivity contribution is 5.69. The fourth-order valence-corrected chi connectivity index (χ4v) is 4.14. The van der Waals surface area contributed by atoms with Crippen molar-refractivity contribution in [3.05, 3.63) is 42.1 Å². The Morgan fingerprint density at radius 2 is 2.04 bits per heavy atom. The molecule has 0 saturated heterocycles. The molecule has 2 aromatic rings. The number of aliphatic hydroxyl groups is 2. The second kappa shape index (κ2) is 5.73. The summed E-state index contributed by atoms with van der Waals surface area (Å²) in [6.07, 6.45) is 6.38. The van der Waals surface area contributed by atoms with Crippen molar-refractivity contribution in [2.24, 2.45) is 5.92 Å². The van der Waals surface area contributed by atoms with E-state index in [1.54, 1.807) is 18.6 Å². The van der Waals surface area contributed by atoms with Crippen molar-refractivity contribution in [1.29, 1.82) is 0 Å². The van der Waals surface area contributed by atoms with Crippen LogP contribution in [0.3, 0.4) is 0 Å². The molecule has 1 saturated carbocycles. The van der Waals surface area contributed by atoms with Crippen molar-refractivity contribution >= 4 is 0 Å². The standard InChI is InChI=1S/C18H21FN2O2/c19-14-3-1-2-13-16-9-20-10-21(16)15(18(13)14)8-17(23)11-4-6-12(22)7-5-11/h1-3,9-12,15,17,22-23H,4-8H2/t11-,12-,15-,17-/m1/s1. The lowest BCUT2D eigenvalue weighted by atomic mass is 9.81. The predicted molar refractivity (Wildman–Crippen MR) is 84.3 cm³/mol. The molecule has 2 aliphatic rings. The number of aromatic nitrogens is 2. The number of fused-ring (bicyclic) bond motifs is 3. The molecule has 5 heteroatoms. The van der Waals surface area contributed by atoms with E-state index < -0.39 is 6.10 Å². The zero-order valence-corrected chi connectivity index (χ0v) is 12.9. The van der Waals surface area contributed by atoms with Gasteiger partial charge in [0, 0.05) is 11.1 Å². The van der Waals surface area contributed by atoms with Crippen LogP contribution in [0.15, 0.2) is 30.7 Å². The van der Waals surface area contributed by atoms with Gasteiger partial charge in [0.05, 0.1) is 36.5 Å². The third-order valence-corrected chi connectivity index (χ3v) is 5.41. The Bertz CT molecular complexity index is 707. The minimum absolute atomic E-state index is 0.182. The Morgan fingerprint density at radius 1 is 1.26 bits per heavy atom. The average molecular weight is 316 g/mol. The molecule has 2 N–H and O–H groups in total. The summed E-state index contributed by atoms with van der Waals surface area (Å²) < 4.78 is 16.3. The Morgan fingerprint density at radius 3 is 2.83 bits per heavy atom. The zero-order chi connectivity index (χ0) is 16.0. The van der Waals surface area contributed by atoms with Crippen LogP contribution >= 0.6 is 0 Å². The number of imidazole rings is 1. The summed E-state index contributed by atoms with van der Waals surface area (Å²) in [5, 5.41) is 20.3. The smallest absolute Gasteiger partial charge is 0.129 e. The van der Waals surface area contributed by atoms with Crippen LogP contribution in [0.2, 0.25) is 0 Å². The van der Waals surface area contributed by atoms with E-state index in [4.69, 9.17) is 0 Å². The maximum atomic E-state index is 14.4. The number of halogens is 1. The summed E-state index contributed by atoms with van der Waals surface area (Å²) in [7, 11) is 0. The Balaban J connectivity index is 1.60. The van der Waals surface area contributed by atoms with E-state index in [9.17, 15) is 14.6 Å². The van der Waals surface area contributed by atoms with Crippen LogP contribution in [-0.4, -0.2) is 32.0 Å². The van der Waals surface area contributed by atoms with E-state index in [0.717, 1.165) is 36.9 Å². The molecule has 1 aromatic heterocycles. The van der Waals surface area contributed by atoms with Gasteiger partial charge >= 0.3 is 0 Å². The van der Waals surface area contributed by atoms with Gasteiger partial charge in [0.25, 0.3) is 0 Å². The maximum Gasteiger partial charge on any atom is 0.129 e. The topological polar surface area (TPSA) is 58.3 Å². The van der Waals surface area contributed by atoms with Gasteiger partial charge in [0.1, 0.15) is 5.82 Å². The van der Waals surface area contributed by atoms with E-state index in [1.807, 2.05) is 10.6 Å². The van der Waals surface area contributed by atoms with Crippen molar-refractivity contribution in [2.45, 2.75) is 50.4 Å². The molecule has 2 heterocycles. The van der Waals surface area contributed by atoms with Gasteiger partial charge in [0.15, 0.2) is 0 Å². The van der Waals surface area contributed by atoms with E-state index >= 15 is 0 Å². The molecule has 0 unspecified atom stereocenters. The summed E-state index contributed by atoms with van der Waals surface area (Å²) in [6, 6.07) is 4.91. The van der Waals surface area contributed by atoms with Crippen LogP contribution in [0.25, 0.3) is 11.3 Å². The van der Waals surface area contributed by atoms with Crippen LogP contribution in [0, 0.1) is 11.7 Å². The third-order valence-electron chi connectivity index (χ3n) is 5.41. The summed E-state index contributed by atoms with van der Waals surface area (Å²) >= 11 is 0. The van der Waals surface area contributed by atoms with Gasteiger partial charge in [0.2, 0.25) is 0 Å². The number of hydrogen-bond donors (Lipinski definition) is 2. The molecule has 1 aliphatic carbocycles. The number of benzene rings is 1. The van der Waals surface area contributed by atoms with Gasteiger partial charge in [-0.2, -0.15) is 0 Å². The molecule has 4 rings (SSSR count). The largest absolute Gasteiger partial charge is 0.393 e. The highest BCUT2D eigenvalue weighted by atomic mass is 19.1. The van der Waals surface area contributed by atoms with Crippen LogP contribution in [0.5, 0.6) is 0 Å². The predicted octanol–water partition coefficient (Wildman–Crippen LogP) is 2.89. The molecular weight excluding hydrogens is 295 g/mol. The van der Waals surface area contributed by atoms with Gasteiger partial charge < -0.3 is 14.8 Å². The molecule has 1 aliphatic heterocycles. The average Bonchev–Trinajstić information content (AvgIpc) is 3.12. The second-order valence-electron chi connectivity index (χ2n) is 6.77. The lowest BCUT2D eigenvalue weighted by molar-refractivity contribution is 0.0328. The quantitative estimate of drug-likeness (QED) is 0.915. The molecule has 0 radical (unpaired) electrons. The Kier molecular flexibility index (Phi) is 3.70. The van der Waals surface area contributed by atoms with Crippen molar-refractivity contribution < 1.29 is 14.6 Å². The van der Waals surface area contributed by atoms with Crippen molar-refractivity contribution in [2.75, 3.05) is 0 Å². The second-order valence-corrected chi connectivity index (χ2v) is 6.77. The first kappa shape index (κ1) is 14.8. The lowest BCUT2D eigenvalue weighted by Gasteiger charge is -2.31. The van der Waals surface area contributed by atoms with Crippen LogP contribution in [0.4, 0.5) is 4.39 Å². The molecule has 2 atom stereocenters. The van der Waals surface area contributed by atoms with Crippen LogP contribution in [0.1, 0.15) is 43.7 Å². The van der Waals surface area contributed by atoms with Crippen molar-refractivity contribution in [1.82, 2.24) is 9.55 Å². The van der Waals surface area contributed by atoms with Gasteiger partial charge in [-0.15, -0.1) is 0 Å². The summed E-state index contributed by atoms with van der Waals surface area (Å²) in [6.45, 7) is 0. The van der Waals surface area contributed by atoms with E-state index in [1.165, 1.54) is 6.07 Å². The number of aliphatic hydroxyl groups excluding tert-OH is 2. The fourth-order valence-electron chi connectivity index (χ4n) is 4.14. The Hall–Kier alpha value is -1.72. The molecule has 122 valence electrons. The monoisotopic (exact) mass is 316 g/mol. The van der Waals surface area contributed by atoms with E-state index in [0.29, 0.717) is 12.0 Å². The van der Waals surface area contributed by atoms with Crippen LogP contribution in [-0.2, 0) is 0 Å². The highest BCUT2D eigenvalue weighted by Gasteiger charge is 2.35. The minimum Gasteiger partial charge on any atom is -0.393 e. The van der Waals surface area contributed by atoms with Crippen molar-refractivity contribution in [3.63, 3.8) is 0 Å². The molecule has 0 spiro atoms. The molecule has 4 nitrogen and oxygen atoms in total. The highest BCUT2D eigenvalue weighted by Crippen LogP contribution is 2.43. The zero-order valence-electron chi connectivity index (χ0n) is 12.9. The first-order chi connectivity index (χ1) is 11.1. The maximum absolute atomic E-state index is 14.4. The molecule has 1 fully saturated rings. The van der Waals surface area contributed by atoms with Gasteiger partial charge in [-0.3, -0.25) is 0 Å². The number of hydrogen-bond acceptors (Lipinski definition) is 3. The summed E-state index contributed by atoms with van der Waals surface area (Å²) in [4.78, 5) is 4.18. The van der Waals surface area contributed by atoms with Gasteiger partial charge in [-0.25, -0.2) is 9.37 Å². The SMILES string of the molecule is O[C@H](C[C@@H]1c2c(F)cccc2-c2cncn21)[C@H]1CC[C@H](O)CC1.